The van der Waals surface area contributed by atoms with Gasteiger partial charge in [0.1, 0.15) is 0 Å². The van der Waals surface area contributed by atoms with E-state index in [0.717, 1.165) is 21.5 Å². The molecule has 1 aliphatic rings. The van der Waals surface area contributed by atoms with Crippen LogP contribution in [0.2, 0.25) is 0 Å². The van der Waals surface area contributed by atoms with E-state index in [1.165, 1.54) is 72.3 Å². The van der Waals surface area contributed by atoms with Crippen LogP contribution in [0.4, 0.5) is 17.1 Å². The molecule has 61 heavy (non-hydrogen) atoms. The van der Waals surface area contributed by atoms with E-state index in [0.29, 0.717) is 0 Å². The smallest absolute Gasteiger partial charge is 0.0714 e. The highest BCUT2D eigenvalue weighted by Gasteiger charge is 2.46. The Kier molecular flexibility index (Phi) is 9.90. The first-order valence-corrected chi connectivity index (χ1v) is 21.9. The number of fused-ring (bicyclic) bond motifs is 3. The van der Waals surface area contributed by atoms with Gasteiger partial charge in [-0.3, -0.25) is 0 Å². The number of rotatable bonds is 8. The number of benzene rings is 9. The summed E-state index contributed by atoms with van der Waals surface area (Å²) in [5, 5.41) is 0. The second-order valence-electron chi connectivity index (χ2n) is 17.1. The Morgan fingerprint density at radius 3 is 1.33 bits per heavy atom. The fraction of sp³-hybridized carbons (Fsp3) is 0.0847. The number of halogens is 1. The summed E-state index contributed by atoms with van der Waals surface area (Å²) in [4.78, 5) is 2.51. The van der Waals surface area contributed by atoms with Crippen LogP contribution in [0.5, 0.6) is 0 Å². The molecule has 0 N–H and O–H groups in total. The maximum atomic E-state index is 4.13. The summed E-state index contributed by atoms with van der Waals surface area (Å²) in [6, 6.07) is 82.5. The molecule has 0 saturated heterocycles. The minimum atomic E-state index is -0.573. The van der Waals surface area contributed by atoms with Gasteiger partial charge < -0.3 is 4.90 Å². The molecular formula is C59H46BrN. The van der Waals surface area contributed by atoms with Gasteiger partial charge in [0.15, 0.2) is 0 Å². The standard InChI is InChI=1S/C59H46BrN/c1-58(2,3)46-38-53(43-22-10-5-11-23-43)57(54(39-46)44-24-12-6-13-25-44)61(49-34-32-42(33-35-49)41-20-8-4-9-21-41)50-37-47(36-48(60)40-50)59(45-26-14-7-15-27-45)55-30-18-16-28-51(55)52-29-17-19-31-56(52)59/h4-40H,1-3H3. The Balaban J connectivity index is 1.31. The lowest BCUT2D eigenvalue weighted by Crippen LogP contribution is -2.29. The van der Waals surface area contributed by atoms with Crippen molar-refractivity contribution in [3.05, 3.63) is 257 Å². The van der Waals surface area contributed by atoms with Crippen LogP contribution in [0.3, 0.4) is 0 Å². The molecule has 0 unspecified atom stereocenters. The molecule has 0 heterocycles. The molecule has 0 bridgehead atoms. The molecule has 294 valence electrons. The largest absolute Gasteiger partial charge is 0.309 e. The average Bonchev–Trinajstić information content (AvgIpc) is 3.61. The first-order valence-electron chi connectivity index (χ1n) is 21.1. The third-order valence-electron chi connectivity index (χ3n) is 12.3. The molecule has 9 aromatic carbocycles. The summed E-state index contributed by atoms with van der Waals surface area (Å²) in [7, 11) is 0. The van der Waals surface area contributed by atoms with E-state index in [9.17, 15) is 0 Å². The van der Waals surface area contributed by atoms with Crippen molar-refractivity contribution >= 4 is 33.0 Å². The minimum Gasteiger partial charge on any atom is -0.309 e. The third kappa shape index (κ3) is 6.82. The molecule has 0 atom stereocenters. The Bertz CT molecular complexity index is 2880. The van der Waals surface area contributed by atoms with Crippen molar-refractivity contribution in [2.75, 3.05) is 4.90 Å². The fourth-order valence-corrected chi connectivity index (χ4v) is 9.94. The van der Waals surface area contributed by atoms with Crippen LogP contribution in [0.15, 0.2) is 229 Å². The van der Waals surface area contributed by atoms with Gasteiger partial charge in [-0.05, 0) is 109 Å². The average molecular weight is 849 g/mol. The first-order chi connectivity index (χ1) is 29.8. The lowest BCUT2D eigenvalue weighted by molar-refractivity contribution is 0.591. The van der Waals surface area contributed by atoms with Crippen molar-refractivity contribution in [3.8, 4) is 44.5 Å². The van der Waals surface area contributed by atoms with Gasteiger partial charge in [-0.25, -0.2) is 0 Å². The molecule has 0 saturated carbocycles. The predicted octanol–water partition coefficient (Wildman–Crippen LogP) is 16.6. The molecule has 0 amide bonds. The van der Waals surface area contributed by atoms with Crippen molar-refractivity contribution in [1.29, 1.82) is 0 Å². The lowest BCUT2D eigenvalue weighted by atomic mass is 9.67. The van der Waals surface area contributed by atoms with Gasteiger partial charge in [-0.2, -0.15) is 0 Å². The van der Waals surface area contributed by atoms with Gasteiger partial charge in [0.25, 0.3) is 0 Å². The topological polar surface area (TPSA) is 3.24 Å². The van der Waals surface area contributed by atoms with Gasteiger partial charge >= 0.3 is 0 Å². The van der Waals surface area contributed by atoms with Crippen LogP contribution in [-0.4, -0.2) is 0 Å². The van der Waals surface area contributed by atoms with E-state index in [-0.39, 0.29) is 5.41 Å². The number of anilines is 3. The normalized spacial score (nSPS) is 12.7. The van der Waals surface area contributed by atoms with E-state index in [1.54, 1.807) is 0 Å². The fourth-order valence-electron chi connectivity index (χ4n) is 9.46. The molecule has 0 aromatic heterocycles. The molecular weight excluding hydrogens is 803 g/mol. The summed E-state index contributed by atoms with van der Waals surface area (Å²) in [6.45, 7) is 6.94. The van der Waals surface area contributed by atoms with Crippen LogP contribution in [0, 0.1) is 0 Å². The van der Waals surface area contributed by atoms with Crippen molar-refractivity contribution < 1.29 is 0 Å². The maximum absolute atomic E-state index is 4.13. The second-order valence-corrected chi connectivity index (χ2v) is 18.0. The zero-order chi connectivity index (χ0) is 41.6. The highest BCUT2D eigenvalue weighted by molar-refractivity contribution is 9.10. The van der Waals surface area contributed by atoms with Crippen LogP contribution >= 0.6 is 15.9 Å². The Labute approximate surface area is 368 Å². The Morgan fingerprint density at radius 2 is 0.820 bits per heavy atom. The Hall–Kier alpha value is -6.74. The van der Waals surface area contributed by atoms with Crippen LogP contribution in [0.1, 0.15) is 48.6 Å². The van der Waals surface area contributed by atoms with E-state index < -0.39 is 5.41 Å². The number of nitrogens with zero attached hydrogens (tertiary/aromatic N) is 1. The van der Waals surface area contributed by atoms with Crippen LogP contribution < -0.4 is 4.90 Å². The van der Waals surface area contributed by atoms with E-state index in [1.807, 2.05) is 0 Å². The van der Waals surface area contributed by atoms with Gasteiger partial charge in [-0.1, -0.05) is 219 Å². The molecule has 0 aliphatic heterocycles. The highest BCUT2D eigenvalue weighted by atomic mass is 79.9. The molecule has 0 spiro atoms. The van der Waals surface area contributed by atoms with Crippen molar-refractivity contribution in [1.82, 2.24) is 0 Å². The molecule has 0 fully saturated rings. The zero-order valence-corrected chi connectivity index (χ0v) is 36.3. The quantitative estimate of drug-likeness (QED) is 0.147. The molecule has 10 rings (SSSR count). The van der Waals surface area contributed by atoms with E-state index >= 15 is 0 Å². The summed E-state index contributed by atoms with van der Waals surface area (Å²) in [6.07, 6.45) is 0. The third-order valence-corrected chi connectivity index (χ3v) is 12.8. The van der Waals surface area contributed by atoms with Crippen molar-refractivity contribution in [2.45, 2.75) is 31.6 Å². The van der Waals surface area contributed by atoms with Gasteiger partial charge in [0, 0.05) is 27.0 Å². The van der Waals surface area contributed by atoms with Crippen LogP contribution in [0.25, 0.3) is 44.5 Å². The predicted molar refractivity (Wildman–Crippen MR) is 261 cm³/mol. The van der Waals surface area contributed by atoms with Crippen molar-refractivity contribution in [2.24, 2.45) is 0 Å². The number of hydrogen-bond acceptors (Lipinski definition) is 1. The lowest BCUT2D eigenvalue weighted by Gasteiger charge is -2.36. The van der Waals surface area contributed by atoms with E-state index in [2.05, 4.69) is 266 Å². The highest BCUT2D eigenvalue weighted by Crippen LogP contribution is 2.57. The summed E-state index contributed by atoms with van der Waals surface area (Å²) in [5.74, 6) is 0. The second kappa shape index (κ2) is 15.7. The monoisotopic (exact) mass is 847 g/mol. The van der Waals surface area contributed by atoms with Crippen molar-refractivity contribution in [3.63, 3.8) is 0 Å². The maximum Gasteiger partial charge on any atom is 0.0714 e. The summed E-state index contributed by atoms with van der Waals surface area (Å²) < 4.78 is 1.01. The number of hydrogen-bond donors (Lipinski definition) is 0. The van der Waals surface area contributed by atoms with Gasteiger partial charge in [0.2, 0.25) is 0 Å². The molecule has 2 heteroatoms. The van der Waals surface area contributed by atoms with E-state index in [4.69, 9.17) is 0 Å². The van der Waals surface area contributed by atoms with Crippen LogP contribution in [-0.2, 0) is 10.8 Å². The zero-order valence-electron chi connectivity index (χ0n) is 34.7. The first kappa shape index (κ1) is 38.5. The summed E-state index contributed by atoms with van der Waals surface area (Å²) >= 11 is 4.13. The van der Waals surface area contributed by atoms with Gasteiger partial charge in [-0.15, -0.1) is 0 Å². The SMILES string of the molecule is CC(C)(C)c1cc(-c2ccccc2)c(N(c2ccc(-c3ccccc3)cc2)c2cc(Br)cc(C3(c4ccccc4)c4ccccc4-c4ccccc43)c2)c(-c2ccccc2)c1. The Morgan fingerprint density at radius 1 is 0.377 bits per heavy atom. The molecule has 0 radical (unpaired) electrons. The summed E-state index contributed by atoms with van der Waals surface area (Å²) in [5.41, 5.74) is 18.5. The molecule has 1 aliphatic carbocycles. The minimum absolute atomic E-state index is 0.0952. The van der Waals surface area contributed by atoms with Gasteiger partial charge in [0.05, 0.1) is 11.1 Å². The molecule has 1 nitrogen and oxygen atoms in total. The molecule has 9 aromatic rings.